The molecular weight excluding hydrogens is 377 g/mol. The van der Waals surface area contributed by atoms with E-state index >= 15 is 0 Å². The first kappa shape index (κ1) is 20.1. The summed E-state index contributed by atoms with van der Waals surface area (Å²) in [6.45, 7) is 4.13. The van der Waals surface area contributed by atoms with Crippen LogP contribution in [0, 0.1) is 13.8 Å². The van der Waals surface area contributed by atoms with Crippen molar-refractivity contribution in [1.82, 2.24) is 5.32 Å². The molecule has 5 nitrogen and oxygen atoms in total. The van der Waals surface area contributed by atoms with Crippen LogP contribution >= 0.6 is 23.2 Å². The summed E-state index contributed by atoms with van der Waals surface area (Å²) >= 11 is 11.8. The summed E-state index contributed by atoms with van der Waals surface area (Å²) in [5, 5.41) is 2.95. The largest absolute Gasteiger partial charge is 0.491 e. The SMILES string of the molecule is Cc1ccc(OCCNC(=O)COC(=O)c2c(Cl)cccc2Cl)c(C)c1. The highest BCUT2D eigenvalue weighted by molar-refractivity contribution is 6.39. The number of hydrogen-bond acceptors (Lipinski definition) is 4. The minimum atomic E-state index is -0.748. The number of halogens is 2. The van der Waals surface area contributed by atoms with Crippen LogP contribution in [0.25, 0.3) is 0 Å². The van der Waals surface area contributed by atoms with E-state index in [1.165, 1.54) is 12.1 Å². The predicted molar refractivity (Wildman–Crippen MR) is 101 cm³/mol. The van der Waals surface area contributed by atoms with Gasteiger partial charge in [-0.3, -0.25) is 4.79 Å². The Morgan fingerprint density at radius 2 is 1.77 bits per heavy atom. The Labute approximate surface area is 162 Å². The molecule has 138 valence electrons. The zero-order valence-electron chi connectivity index (χ0n) is 14.5. The fourth-order valence-corrected chi connectivity index (χ4v) is 2.81. The van der Waals surface area contributed by atoms with E-state index in [0.29, 0.717) is 6.61 Å². The van der Waals surface area contributed by atoms with Gasteiger partial charge in [-0.15, -0.1) is 0 Å². The number of carbonyl (C=O) groups excluding carboxylic acids is 2. The van der Waals surface area contributed by atoms with E-state index < -0.39 is 18.5 Å². The van der Waals surface area contributed by atoms with Crippen LogP contribution in [0.3, 0.4) is 0 Å². The van der Waals surface area contributed by atoms with Crippen molar-refractivity contribution in [1.29, 1.82) is 0 Å². The maximum atomic E-state index is 12.0. The van der Waals surface area contributed by atoms with Gasteiger partial charge in [0.15, 0.2) is 6.61 Å². The molecule has 2 rings (SSSR count). The molecule has 1 amide bonds. The summed E-state index contributed by atoms with van der Waals surface area (Å²) < 4.78 is 10.5. The molecule has 0 unspecified atom stereocenters. The number of esters is 1. The zero-order chi connectivity index (χ0) is 19.1. The number of aryl methyl sites for hydroxylation is 2. The number of hydrogen-bond donors (Lipinski definition) is 1. The van der Waals surface area contributed by atoms with Crippen molar-refractivity contribution in [3.63, 3.8) is 0 Å². The van der Waals surface area contributed by atoms with Gasteiger partial charge >= 0.3 is 5.97 Å². The maximum Gasteiger partial charge on any atom is 0.341 e. The van der Waals surface area contributed by atoms with Gasteiger partial charge in [-0.2, -0.15) is 0 Å². The van der Waals surface area contributed by atoms with Crippen LogP contribution in [-0.2, 0) is 9.53 Å². The van der Waals surface area contributed by atoms with Gasteiger partial charge in [0.05, 0.1) is 22.2 Å². The second kappa shape index (κ2) is 9.46. The molecule has 0 aliphatic rings. The van der Waals surface area contributed by atoms with Crippen LogP contribution < -0.4 is 10.1 Å². The Kier molecular flexibility index (Phi) is 7.30. The summed E-state index contributed by atoms with van der Waals surface area (Å²) in [6.07, 6.45) is 0. The van der Waals surface area contributed by atoms with Crippen molar-refractivity contribution in [2.45, 2.75) is 13.8 Å². The molecule has 0 fully saturated rings. The van der Waals surface area contributed by atoms with Gasteiger partial charge in [-0.1, -0.05) is 47.0 Å². The molecule has 0 spiro atoms. The van der Waals surface area contributed by atoms with Crippen molar-refractivity contribution in [2.75, 3.05) is 19.8 Å². The monoisotopic (exact) mass is 395 g/mol. The molecule has 0 aliphatic heterocycles. The first-order chi connectivity index (χ1) is 12.4. The quantitative estimate of drug-likeness (QED) is 0.569. The van der Waals surface area contributed by atoms with Crippen LogP contribution in [0.2, 0.25) is 10.0 Å². The molecule has 7 heteroatoms. The van der Waals surface area contributed by atoms with E-state index in [4.69, 9.17) is 32.7 Å². The van der Waals surface area contributed by atoms with Gasteiger partial charge in [0.2, 0.25) is 0 Å². The highest BCUT2D eigenvalue weighted by atomic mass is 35.5. The van der Waals surface area contributed by atoms with Crippen molar-refractivity contribution in [3.05, 3.63) is 63.1 Å². The highest BCUT2D eigenvalue weighted by Gasteiger charge is 2.17. The Morgan fingerprint density at radius 3 is 2.42 bits per heavy atom. The fourth-order valence-electron chi connectivity index (χ4n) is 2.26. The third-order valence-corrected chi connectivity index (χ3v) is 4.14. The van der Waals surface area contributed by atoms with Crippen LogP contribution in [0.1, 0.15) is 21.5 Å². The number of nitrogens with one attached hydrogen (secondary N) is 1. The van der Waals surface area contributed by atoms with Crippen LogP contribution in [0.5, 0.6) is 5.75 Å². The Balaban J connectivity index is 1.73. The summed E-state index contributed by atoms with van der Waals surface area (Å²) in [5.74, 6) is -0.419. The highest BCUT2D eigenvalue weighted by Crippen LogP contribution is 2.24. The van der Waals surface area contributed by atoms with E-state index in [9.17, 15) is 9.59 Å². The number of carbonyl (C=O) groups is 2. The number of amides is 1. The third-order valence-electron chi connectivity index (χ3n) is 3.51. The molecule has 0 saturated carbocycles. The molecule has 2 aromatic rings. The molecule has 26 heavy (non-hydrogen) atoms. The molecule has 0 aromatic heterocycles. The molecule has 0 bridgehead atoms. The minimum absolute atomic E-state index is 0.0433. The molecule has 0 aliphatic carbocycles. The second-order valence-corrected chi connectivity index (χ2v) is 6.45. The molecule has 0 radical (unpaired) electrons. The molecule has 1 N–H and O–H groups in total. The van der Waals surface area contributed by atoms with E-state index in [2.05, 4.69) is 5.32 Å². The summed E-state index contributed by atoms with van der Waals surface area (Å²) in [5.41, 5.74) is 2.23. The van der Waals surface area contributed by atoms with Gasteiger partial charge in [-0.25, -0.2) is 4.79 Å². The van der Waals surface area contributed by atoms with E-state index in [1.807, 2.05) is 32.0 Å². The summed E-state index contributed by atoms with van der Waals surface area (Å²) in [6, 6.07) is 10.5. The van der Waals surface area contributed by atoms with Gasteiger partial charge in [-0.05, 0) is 37.6 Å². The van der Waals surface area contributed by atoms with E-state index in [1.54, 1.807) is 6.07 Å². The lowest BCUT2D eigenvalue weighted by atomic mass is 10.1. The minimum Gasteiger partial charge on any atom is -0.491 e. The van der Waals surface area contributed by atoms with Crippen LogP contribution in [0.4, 0.5) is 0 Å². The van der Waals surface area contributed by atoms with Crippen LogP contribution in [-0.4, -0.2) is 31.6 Å². The lowest BCUT2D eigenvalue weighted by Crippen LogP contribution is -2.32. The smallest absolute Gasteiger partial charge is 0.341 e. The predicted octanol–water partition coefficient (Wildman–Crippen LogP) is 3.96. The van der Waals surface area contributed by atoms with Crippen LogP contribution in [0.15, 0.2) is 36.4 Å². The average molecular weight is 396 g/mol. The first-order valence-corrected chi connectivity index (χ1v) is 8.72. The van der Waals surface area contributed by atoms with E-state index in [0.717, 1.165) is 16.9 Å². The first-order valence-electron chi connectivity index (χ1n) is 7.96. The normalized spacial score (nSPS) is 10.3. The lowest BCUT2D eigenvalue weighted by Gasteiger charge is -2.11. The van der Waals surface area contributed by atoms with E-state index in [-0.39, 0.29) is 22.2 Å². The topological polar surface area (TPSA) is 64.6 Å². The second-order valence-electron chi connectivity index (χ2n) is 5.64. The van der Waals surface area contributed by atoms with Gasteiger partial charge < -0.3 is 14.8 Å². The standard InChI is InChI=1S/C19H19Cl2NO4/c1-12-6-7-16(13(2)10-12)25-9-8-22-17(23)11-26-19(24)18-14(20)4-3-5-15(18)21/h3-7,10H,8-9,11H2,1-2H3,(H,22,23). The number of rotatable bonds is 7. The molecule has 0 heterocycles. The summed E-state index contributed by atoms with van der Waals surface area (Å²) in [4.78, 5) is 23.7. The molecular formula is C19H19Cl2NO4. The van der Waals surface area contributed by atoms with Gasteiger partial charge in [0.25, 0.3) is 5.91 Å². The fraction of sp³-hybridized carbons (Fsp3) is 0.263. The Hall–Kier alpha value is -2.24. The van der Waals surface area contributed by atoms with Crippen molar-refractivity contribution in [3.8, 4) is 5.75 Å². The van der Waals surface area contributed by atoms with Gasteiger partial charge in [0, 0.05) is 0 Å². The lowest BCUT2D eigenvalue weighted by molar-refractivity contribution is -0.124. The maximum absolute atomic E-state index is 12.0. The number of ether oxygens (including phenoxy) is 2. The van der Waals surface area contributed by atoms with Crippen molar-refractivity contribution in [2.24, 2.45) is 0 Å². The zero-order valence-corrected chi connectivity index (χ0v) is 16.0. The molecule has 2 aromatic carbocycles. The Bertz CT molecular complexity index is 788. The van der Waals surface area contributed by atoms with Gasteiger partial charge in [0.1, 0.15) is 12.4 Å². The average Bonchev–Trinajstić information content (AvgIpc) is 2.58. The summed E-state index contributed by atoms with van der Waals surface area (Å²) in [7, 11) is 0. The van der Waals surface area contributed by atoms with Crippen molar-refractivity contribution >= 4 is 35.1 Å². The molecule has 0 atom stereocenters. The third kappa shape index (κ3) is 5.64. The molecule has 0 saturated heterocycles. The van der Waals surface area contributed by atoms with Crippen molar-refractivity contribution < 1.29 is 19.1 Å². The number of benzene rings is 2. The Morgan fingerprint density at radius 1 is 1.08 bits per heavy atom.